The molecule has 4 nitrogen and oxygen atoms in total. The Morgan fingerprint density at radius 3 is 2.73 bits per heavy atom. The van der Waals surface area contributed by atoms with Gasteiger partial charge >= 0.3 is 0 Å². The van der Waals surface area contributed by atoms with Gasteiger partial charge in [-0.05, 0) is 12.8 Å². The van der Waals surface area contributed by atoms with E-state index in [4.69, 9.17) is 5.73 Å². The van der Waals surface area contributed by atoms with Crippen molar-refractivity contribution in [2.45, 2.75) is 26.8 Å². The summed E-state index contributed by atoms with van der Waals surface area (Å²) in [5.74, 6) is 0.326. The topological polar surface area (TPSA) is 68.0 Å². The van der Waals surface area contributed by atoms with E-state index in [9.17, 15) is 4.79 Å². The molecule has 84 valence electrons. The molecular weight excluding hydrogens is 210 g/mol. The molecule has 1 heterocycles. The third-order valence-electron chi connectivity index (χ3n) is 1.81. The Kier molecular flexibility index (Phi) is 4.23. The molecule has 0 radical (unpaired) electrons. The zero-order chi connectivity index (χ0) is 11.4. The van der Waals surface area contributed by atoms with Gasteiger partial charge in [-0.3, -0.25) is 4.79 Å². The first-order chi connectivity index (χ1) is 7.00. The summed E-state index contributed by atoms with van der Waals surface area (Å²) in [6, 6.07) is -0.110. The predicted molar refractivity (Wildman–Crippen MR) is 61.9 cm³/mol. The normalized spacial score (nSPS) is 12.9. The maximum Gasteiger partial charge on any atom is 0.270 e. The summed E-state index contributed by atoms with van der Waals surface area (Å²) in [6.45, 7) is 6.63. The fourth-order valence-electron chi connectivity index (χ4n) is 0.988. The molecule has 15 heavy (non-hydrogen) atoms. The van der Waals surface area contributed by atoms with Crippen LogP contribution in [0.5, 0.6) is 0 Å². The number of nitrogens with two attached hydrogens (primary N) is 1. The second kappa shape index (κ2) is 5.23. The maximum atomic E-state index is 11.6. The molecule has 1 aromatic rings. The zero-order valence-electron chi connectivity index (χ0n) is 9.28. The highest BCUT2D eigenvalue weighted by atomic mass is 32.1. The molecule has 1 rings (SSSR count). The lowest BCUT2D eigenvalue weighted by Crippen LogP contribution is -2.27. The van der Waals surface area contributed by atoms with Crippen molar-refractivity contribution in [2.75, 3.05) is 6.54 Å². The molecule has 0 fully saturated rings. The molecule has 0 aromatic carbocycles. The number of aromatic nitrogens is 1. The number of nitrogens with one attached hydrogen (secondary N) is 1. The summed E-state index contributed by atoms with van der Waals surface area (Å²) >= 11 is 1.42. The highest BCUT2D eigenvalue weighted by Crippen LogP contribution is 2.15. The van der Waals surface area contributed by atoms with Crippen molar-refractivity contribution < 1.29 is 4.79 Å². The molecule has 0 bridgehead atoms. The lowest BCUT2D eigenvalue weighted by molar-refractivity contribution is 0.0944. The highest BCUT2D eigenvalue weighted by molar-refractivity contribution is 7.09. The van der Waals surface area contributed by atoms with Crippen LogP contribution in [-0.4, -0.2) is 17.4 Å². The molecule has 0 aliphatic carbocycles. The molecule has 1 atom stereocenters. The number of nitrogens with zero attached hydrogens (tertiary/aromatic N) is 1. The van der Waals surface area contributed by atoms with E-state index < -0.39 is 0 Å². The quantitative estimate of drug-likeness (QED) is 0.820. The molecular formula is C10H17N3OS. The van der Waals surface area contributed by atoms with E-state index >= 15 is 0 Å². The number of amides is 1. The number of rotatable bonds is 4. The Labute approximate surface area is 93.9 Å². The predicted octanol–water partition coefficient (Wildman–Crippen LogP) is 1.55. The van der Waals surface area contributed by atoms with Gasteiger partial charge in [0.15, 0.2) is 0 Å². The molecule has 5 heteroatoms. The van der Waals surface area contributed by atoms with Gasteiger partial charge in [0.05, 0.1) is 6.04 Å². The largest absolute Gasteiger partial charge is 0.350 e. The molecule has 1 unspecified atom stereocenters. The molecule has 0 saturated carbocycles. The van der Waals surface area contributed by atoms with Gasteiger partial charge in [0.2, 0.25) is 0 Å². The lowest BCUT2D eigenvalue weighted by atomic mass is 10.2. The third kappa shape index (κ3) is 3.60. The first kappa shape index (κ1) is 12.1. The Hall–Kier alpha value is -0.940. The number of hydrogen-bond donors (Lipinski definition) is 2. The molecule has 0 saturated heterocycles. The number of hydrogen-bond acceptors (Lipinski definition) is 4. The lowest BCUT2D eigenvalue weighted by Gasteiger charge is -2.05. The van der Waals surface area contributed by atoms with E-state index in [1.807, 2.05) is 6.92 Å². The molecule has 1 amide bonds. The average molecular weight is 227 g/mol. The van der Waals surface area contributed by atoms with Gasteiger partial charge in [0.1, 0.15) is 10.7 Å². The van der Waals surface area contributed by atoms with E-state index in [2.05, 4.69) is 24.1 Å². The van der Waals surface area contributed by atoms with Crippen LogP contribution in [0.25, 0.3) is 0 Å². The summed E-state index contributed by atoms with van der Waals surface area (Å²) in [4.78, 5) is 15.7. The minimum absolute atomic E-state index is 0.110. The van der Waals surface area contributed by atoms with Gasteiger partial charge < -0.3 is 11.1 Å². The van der Waals surface area contributed by atoms with Crippen molar-refractivity contribution in [3.63, 3.8) is 0 Å². The molecule has 0 aliphatic rings. The Morgan fingerprint density at radius 1 is 1.60 bits per heavy atom. The van der Waals surface area contributed by atoms with Crippen molar-refractivity contribution in [2.24, 2.45) is 11.7 Å². The molecule has 3 N–H and O–H groups in total. The fraction of sp³-hybridized carbons (Fsp3) is 0.600. The first-order valence-electron chi connectivity index (χ1n) is 5.00. The second-order valence-corrected chi connectivity index (χ2v) is 4.85. The minimum Gasteiger partial charge on any atom is -0.350 e. The van der Waals surface area contributed by atoms with Gasteiger partial charge in [-0.1, -0.05) is 13.8 Å². The summed E-state index contributed by atoms with van der Waals surface area (Å²) in [7, 11) is 0. The fourth-order valence-corrected chi connectivity index (χ4v) is 1.75. The monoisotopic (exact) mass is 227 g/mol. The van der Waals surface area contributed by atoms with E-state index in [1.165, 1.54) is 11.3 Å². The van der Waals surface area contributed by atoms with E-state index in [-0.39, 0.29) is 11.9 Å². The van der Waals surface area contributed by atoms with Crippen LogP contribution in [0.2, 0.25) is 0 Å². The molecule has 0 spiro atoms. The summed E-state index contributed by atoms with van der Waals surface area (Å²) in [5, 5.41) is 5.36. The van der Waals surface area contributed by atoms with E-state index in [0.717, 1.165) is 5.01 Å². The van der Waals surface area contributed by atoms with Gasteiger partial charge in [-0.25, -0.2) is 4.98 Å². The summed E-state index contributed by atoms with van der Waals surface area (Å²) in [5.41, 5.74) is 6.13. The van der Waals surface area contributed by atoms with Crippen LogP contribution < -0.4 is 11.1 Å². The summed E-state index contributed by atoms with van der Waals surface area (Å²) < 4.78 is 0. The van der Waals surface area contributed by atoms with Gasteiger partial charge in [0.25, 0.3) is 5.91 Å². The summed E-state index contributed by atoms with van der Waals surface area (Å²) in [6.07, 6.45) is 0. The molecule has 0 aliphatic heterocycles. The van der Waals surface area contributed by atoms with Crippen molar-refractivity contribution in [3.05, 3.63) is 16.1 Å². The highest BCUT2D eigenvalue weighted by Gasteiger charge is 2.12. The Morgan fingerprint density at radius 2 is 2.27 bits per heavy atom. The SMILES string of the molecule is CC(C)CNC(=O)c1csc(C(C)N)n1. The van der Waals surface area contributed by atoms with Gasteiger partial charge in [-0.2, -0.15) is 0 Å². The minimum atomic E-state index is -0.119. The van der Waals surface area contributed by atoms with Crippen molar-refractivity contribution >= 4 is 17.2 Å². The van der Waals surface area contributed by atoms with Crippen LogP contribution in [0.4, 0.5) is 0 Å². The number of carbonyl (C=O) groups is 1. The van der Waals surface area contributed by atoms with Gasteiger partial charge in [0, 0.05) is 11.9 Å². The van der Waals surface area contributed by atoms with E-state index in [1.54, 1.807) is 5.38 Å². The van der Waals surface area contributed by atoms with Crippen LogP contribution in [0.1, 0.15) is 42.3 Å². The van der Waals surface area contributed by atoms with Crippen LogP contribution >= 0.6 is 11.3 Å². The third-order valence-corrected chi connectivity index (χ3v) is 2.86. The Balaban J connectivity index is 2.58. The van der Waals surface area contributed by atoms with Crippen LogP contribution in [-0.2, 0) is 0 Å². The van der Waals surface area contributed by atoms with Crippen molar-refractivity contribution in [1.82, 2.24) is 10.3 Å². The molecule has 1 aromatic heterocycles. The number of carbonyl (C=O) groups excluding carboxylic acids is 1. The van der Waals surface area contributed by atoms with Crippen molar-refractivity contribution in [3.8, 4) is 0 Å². The standard InChI is InChI=1S/C10H17N3OS/c1-6(2)4-12-9(14)8-5-15-10(13-8)7(3)11/h5-7H,4,11H2,1-3H3,(H,12,14). The van der Waals surface area contributed by atoms with Crippen molar-refractivity contribution in [1.29, 1.82) is 0 Å². The zero-order valence-corrected chi connectivity index (χ0v) is 10.1. The first-order valence-corrected chi connectivity index (χ1v) is 5.88. The van der Waals surface area contributed by atoms with Gasteiger partial charge in [-0.15, -0.1) is 11.3 Å². The second-order valence-electron chi connectivity index (χ2n) is 3.96. The van der Waals surface area contributed by atoms with Crippen LogP contribution in [0, 0.1) is 5.92 Å². The van der Waals surface area contributed by atoms with E-state index in [0.29, 0.717) is 18.2 Å². The van der Waals surface area contributed by atoms with Crippen LogP contribution in [0.3, 0.4) is 0 Å². The smallest absolute Gasteiger partial charge is 0.270 e. The van der Waals surface area contributed by atoms with Crippen LogP contribution in [0.15, 0.2) is 5.38 Å². The average Bonchev–Trinajstić information content (AvgIpc) is 2.62. The number of thiazole rings is 1. The Bertz CT molecular complexity index is 333. The maximum absolute atomic E-state index is 11.6.